The number of rotatable bonds is 3. The maximum atomic E-state index is 13.6. The molecule has 1 unspecified atom stereocenters. The zero-order valence-electron chi connectivity index (χ0n) is 14.2. The quantitative estimate of drug-likeness (QED) is 0.699. The number of fused-ring (bicyclic) bond motifs is 1. The molecule has 26 heavy (non-hydrogen) atoms. The van der Waals surface area contributed by atoms with Gasteiger partial charge in [0.05, 0.1) is 0 Å². The number of piperidine rings is 1. The summed E-state index contributed by atoms with van der Waals surface area (Å²) in [6, 6.07) is 12.9. The lowest BCUT2D eigenvalue weighted by atomic mass is 10.0. The molecule has 0 aliphatic carbocycles. The summed E-state index contributed by atoms with van der Waals surface area (Å²) < 4.78 is 42.0. The van der Waals surface area contributed by atoms with Crippen molar-refractivity contribution in [2.24, 2.45) is 0 Å². The second-order valence-corrected chi connectivity index (χ2v) is 6.67. The summed E-state index contributed by atoms with van der Waals surface area (Å²) in [7, 11) is 0. The van der Waals surface area contributed by atoms with Crippen molar-refractivity contribution in [1.82, 2.24) is 19.4 Å². The summed E-state index contributed by atoms with van der Waals surface area (Å²) in [5.41, 5.74) is 1.77. The number of likely N-dealkylation sites (tertiary alicyclic amines) is 1. The minimum Gasteiger partial charge on any atom is -0.301 e. The fourth-order valence-electron chi connectivity index (χ4n) is 3.70. The normalized spacial score (nSPS) is 19.1. The number of halogens is 3. The van der Waals surface area contributed by atoms with Gasteiger partial charge in [-0.15, -0.1) is 0 Å². The van der Waals surface area contributed by atoms with Gasteiger partial charge in [-0.25, -0.2) is 9.97 Å². The molecule has 1 atom stereocenters. The first-order valence-corrected chi connectivity index (χ1v) is 8.69. The topological polar surface area (TPSA) is 34.0 Å². The van der Waals surface area contributed by atoms with Gasteiger partial charge in [0, 0.05) is 25.3 Å². The molecule has 0 radical (unpaired) electrons. The monoisotopic (exact) mass is 360 g/mol. The maximum absolute atomic E-state index is 13.6. The van der Waals surface area contributed by atoms with Crippen LogP contribution in [0.2, 0.25) is 0 Å². The van der Waals surface area contributed by atoms with Gasteiger partial charge in [-0.05, 0) is 37.1 Å². The number of nitrogens with zero attached hydrogens (tertiary/aromatic N) is 4. The third kappa shape index (κ3) is 3.31. The Kier molecular flexibility index (Phi) is 4.40. The summed E-state index contributed by atoms with van der Waals surface area (Å²) >= 11 is 0. The summed E-state index contributed by atoms with van der Waals surface area (Å²) in [4.78, 5) is 10.2. The van der Waals surface area contributed by atoms with E-state index >= 15 is 0 Å². The second-order valence-electron chi connectivity index (χ2n) is 6.67. The molecule has 4 nitrogen and oxygen atoms in total. The van der Waals surface area contributed by atoms with Crippen LogP contribution in [0.25, 0.3) is 11.2 Å². The van der Waals surface area contributed by atoms with E-state index in [1.54, 1.807) is 12.1 Å². The molecule has 2 aromatic heterocycles. The molecule has 1 saturated heterocycles. The molecule has 0 N–H and O–H groups in total. The van der Waals surface area contributed by atoms with Gasteiger partial charge in [0.25, 0.3) is 0 Å². The minimum absolute atomic E-state index is 0.288. The van der Waals surface area contributed by atoms with Crippen LogP contribution in [0.4, 0.5) is 13.2 Å². The van der Waals surface area contributed by atoms with Crippen LogP contribution in [0.1, 0.15) is 30.3 Å². The first-order chi connectivity index (χ1) is 12.5. The van der Waals surface area contributed by atoms with Crippen molar-refractivity contribution >= 4 is 11.2 Å². The van der Waals surface area contributed by atoms with E-state index in [4.69, 9.17) is 0 Å². The molecule has 0 amide bonds. The lowest BCUT2D eigenvalue weighted by Crippen LogP contribution is -2.37. The number of aromatic nitrogens is 3. The lowest BCUT2D eigenvalue weighted by Gasteiger charge is -2.34. The first kappa shape index (κ1) is 17.0. The first-order valence-electron chi connectivity index (χ1n) is 8.69. The molecule has 1 aliphatic heterocycles. The van der Waals surface area contributed by atoms with E-state index in [2.05, 4.69) is 14.9 Å². The van der Waals surface area contributed by atoms with Gasteiger partial charge in [0.2, 0.25) is 5.82 Å². The Bertz CT molecular complexity index is 889. The molecule has 0 spiro atoms. The molecule has 4 rings (SSSR count). The third-order valence-corrected chi connectivity index (χ3v) is 4.80. The van der Waals surface area contributed by atoms with Crippen molar-refractivity contribution in [2.45, 2.75) is 31.6 Å². The highest BCUT2D eigenvalue weighted by Gasteiger charge is 2.40. The third-order valence-electron chi connectivity index (χ3n) is 4.80. The van der Waals surface area contributed by atoms with Crippen LogP contribution >= 0.6 is 0 Å². The highest BCUT2D eigenvalue weighted by atomic mass is 19.4. The van der Waals surface area contributed by atoms with Crippen LogP contribution in [0.5, 0.6) is 0 Å². The van der Waals surface area contributed by atoms with Gasteiger partial charge in [-0.2, -0.15) is 13.2 Å². The highest BCUT2D eigenvalue weighted by molar-refractivity contribution is 5.71. The van der Waals surface area contributed by atoms with Gasteiger partial charge in [0.1, 0.15) is 5.52 Å². The average molecular weight is 360 g/mol. The molecular weight excluding hydrogens is 341 g/mol. The van der Waals surface area contributed by atoms with Gasteiger partial charge < -0.3 is 4.57 Å². The second kappa shape index (κ2) is 6.72. The van der Waals surface area contributed by atoms with E-state index in [1.165, 1.54) is 10.8 Å². The van der Waals surface area contributed by atoms with Crippen molar-refractivity contribution in [2.75, 3.05) is 13.1 Å². The van der Waals surface area contributed by atoms with Crippen LogP contribution in [-0.4, -0.2) is 32.5 Å². The predicted octanol–water partition coefficient (Wildman–Crippen LogP) is 4.29. The van der Waals surface area contributed by atoms with Gasteiger partial charge in [0.15, 0.2) is 5.65 Å². The summed E-state index contributed by atoms with van der Waals surface area (Å²) in [6.07, 6.45) is -1.44. The average Bonchev–Trinajstić information content (AvgIpc) is 3.03. The smallest absolute Gasteiger partial charge is 0.301 e. The summed E-state index contributed by atoms with van der Waals surface area (Å²) in [5, 5.41) is 0. The number of hydrogen-bond acceptors (Lipinski definition) is 3. The number of pyridine rings is 1. The number of alkyl halides is 3. The molecule has 1 aliphatic rings. The Morgan fingerprint density at radius 1 is 1.08 bits per heavy atom. The molecule has 136 valence electrons. The van der Waals surface area contributed by atoms with Crippen molar-refractivity contribution in [3.63, 3.8) is 0 Å². The number of benzene rings is 1. The van der Waals surface area contributed by atoms with Crippen LogP contribution in [0.15, 0.2) is 48.7 Å². The number of imidazole rings is 1. The molecule has 0 bridgehead atoms. The Morgan fingerprint density at radius 2 is 1.88 bits per heavy atom. The van der Waals surface area contributed by atoms with Crippen LogP contribution in [0, 0.1) is 0 Å². The zero-order chi connectivity index (χ0) is 18.1. The van der Waals surface area contributed by atoms with Gasteiger partial charge in [-0.1, -0.05) is 30.3 Å². The Balaban J connectivity index is 1.66. The predicted molar refractivity (Wildman–Crippen MR) is 92.5 cm³/mol. The van der Waals surface area contributed by atoms with Crippen LogP contribution in [0.3, 0.4) is 0 Å². The Morgan fingerprint density at radius 3 is 2.65 bits per heavy atom. The van der Waals surface area contributed by atoms with Gasteiger partial charge in [-0.3, -0.25) is 4.90 Å². The molecule has 3 aromatic rings. The van der Waals surface area contributed by atoms with Crippen molar-refractivity contribution in [3.05, 3.63) is 60.0 Å². The molecule has 1 aromatic carbocycles. The molecule has 3 heterocycles. The van der Waals surface area contributed by atoms with Gasteiger partial charge >= 0.3 is 6.18 Å². The standard InChI is InChI=1S/C19H19F3N4/c20-19(21,22)18-24-16-9-4-10-23-17(16)26(18)15-8-5-11-25(13-15)12-14-6-2-1-3-7-14/h1-4,6-7,9-10,15H,5,8,11-13H2. The van der Waals surface area contributed by atoms with E-state index in [1.807, 2.05) is 30.3 Å². The van der Waals surface area contributed by atoms with Crippen molar-refractivity contribution in [1.29, 1.82) is 0 Å². The van der Waals surface area contributed by atoms with E-state index in [0.717, 1.165) is 25.1 Å². The maximum Gasteiger partial charge on any atom is 0.449 e. The van der Waals surface area contributed by atoms with Crippen molar-refractivity contribution < 1.29 is 13.2 Å². The van der Waals surface area contributed by atoms with Crippen molar-refractivity contribution in [3.8, 4) is 0 Å². The van der Waals surface area contributed by atoms with Crippen LogP contribution in [-0.2, 0) is 12.7 Å². The fourth-order valence-corrected chi connectivity index (χ4v) is 3.70. The van der Waals surface area contributed by atoms with E-state index in [0.29, 0.717) is 24.1 Å². The minimum atomic E-state index is -4.50. The molecular formula is C19H19F3N4. The summed E-state index contributed by atoms with van der Waals surface area (Å²) in [6.45, 7) is 2.17. The van der Waals surface area contributed by atoms with Crippen LogP contribution < -0.4 is 0 Å². The largest absolute Gasteiger partial charge is 0.449 e. The summed E-state index contributed by atoms with van der Waals surface area (Å²) in [5.74, 6) is -0.849. The number of hydrogen-bond donors (Lipinski definition) is 0. The highest BCUT2D eigenvalue weighted by Crippen LogP contribution is 2.35. The SMILES string of the molecule is FC(F)(F)c1nc2cccnc2n1C1CCCN(Cc2ccccc2)C1. The molecule has 1 fully saturated rings. The van der Waals surface area contributed by atoms with E-state index in [-0.39, 0.29) is 6.04 Å². The fraction of sp³-hybridized carbons (Fsp3) is 0.368. The lowest BCUT2D eigenvalue weighted by molar-refractivity contribution is -0.148. The Hall–Kier alpha value is -2.41. The molecule has 0 saturated carbocycles. The van der Waals surface area contributed by atoms with E-state index < -0.39 is 12.0 Å². The van der Waals surface area contributed by atoms with E-state index in [9.17, 15) is 13.2 Å². The Labute approximate surface area is 149 Å². The molecule has 7 heteroatoms. The zero-order valence-corrected chi connectivity index (χ0v) is 14.2.